The molecule has 0 spiro atoms. The van der Waals surface area contributed by atoms with Crippen molar-refractivity contribution in [1.29, 1.82) is 0 Å². The van der Waals surface area contributed by atoms with E-state index in [1.807, 2.05) is 7.05 Å². The maximum Gasteiger partial charge on any atom is 0.251 e. The number of hydrogen-bond acceptors (Lipinski definition) is 1. The van der Waals surface area contributed by atoms with Gasteiger partial charge >= 0.3 is 0 Å². The maximum absolute atomic E-state index is 12.9. The Kier molecular flexibility index (Phi) is 1.46. The van der Waals surface area contributed by atoms with Crippen molar-refractivity contribution < 1.29 is 8.78 Å². The van der Waals surface area contributed by atoms with Crippen LogP contribution in [0, 0.1) is 11.8 Å². The molecule has 3 atom stereocenters. The van der Waals surface area contributed by atoms with Crippen molar-refractivity contribution in [2.75, 3.05) is 7.05 Å². The van der Waals surface area contributed by atoms with Gasteiger partial charge in [-0.25, -0.2) is 8.78 Å². The van der Waals surface area contributed by atoms with E-state index in [-0.39, 0.29) is 18.3 Å². The highest BCUT2D eigenvalue weighted by atomic mass is 19.3. The van der Waals surface area contributed by atoms with E-state index in [4.69, 9.17) is 0 Å². The van der Waals surface area contributed by atoms with Crippen molar-refractivity contribution in [2.24, 2.45) is 11.8 Å². The quantitative estimate of drug-likeness (QED) is 0.616. The number of rotatable bonds is 1. The molecule has 2 aliphatic carbocycles. The molecular weight excluding hydrogens is 148 g/mol. The molecule has 0 aliphatic heterocycles. The third-order valence-electron chi connectivity index (χ3n) is 3.20. The molecule has 0 saturated heterocycles. The van der Waals surface area contributed by atoms with Gasteiger partial charge < -0.3 is 5.32 Å². The molecule has 0 aromatic carbocycles. The minimum atomic E-state index is -2.35. The molecule has 0 radical (unpaired) electrons. The third kappa shape index (κ3) is 0.975. The van der Waals surface area contributed by atoms with Gasteiger partial charge in [0.05, 0.1) is 0 Å². The van der Waals surface area contributed by atoms with E-state index >= 15 is 0 Å². The van der Waals surface area contributed by atoms with Gasteiger partial charge in [-0.2, -0.15) is 0 Å². The summed E-state index contributed by atoms with van der Waals surface area (Å²) in [7, 11) is 1.86. The van der Waals surface area contributed by atoms with Crippen LogP contribution in [0.2, 0.25) is 0 Å². The lowest BCUT2D eigenvalue weighted by Crippen LogP contribution is -2.37. The molecule has 2 rings (SSSR count). The smallest absolute Gasteiger partial charge is 0.251 e. The van der Waals surface area contributed by atoms with Crippen LogP contribution < -0.4 is 5.32 Å². The van der Waals surface area contributed by atoms with E-state index in [0.717, 1.165) is 6.42 Å². The van der Waals surface area contributed by atoms with Gasteiger partial charge in [0.1, 0.15) is 0 Å². The highest BCUT2D eigenvalue weighted by Gasteiger charge is 2.56. The molecule has 0 aromatic heterocycles. The molecule has 2 bridgehead atoms. The van der Waals surface area contributed by atoms with E-state index < -0.39 is 5.92 Å². The van der Waals surface area contributed by atoms with Gasteiger partial charge in [-0.3, -0.25) is 0 Å². The summed E-state index contributed by atoms with van der Waals surface area (Å²) >= 11 is 0. The molecular formula is C8H13F2N. The molecule has 0 heterocycles. The fraction of sp³-hybridized carbons (Fsp3) is 1.00. The number of alkyl halides is 2. The zero-order valence-electron chi connectivity index (χ0n) is 6.61. The summed E-state index contributed by atoms with van der Waals surface area (Å²) in [6.07, 6.45) is 1.52. The molecule has 0 aromatic rings. The fourth-order valence-corrected chi connectivity index (χ4v) is 2.57. The van der Waals surface area contributed by atoms with Crippen LogP contribution in [-0.2, 0) is 0 Å². The van der Waals surface area contributed by atoms with Gasteiger partial charge in [0.25, 0.3) is 5.92 Å². The van der Waals surface area contributed by atoms with E-state index in [2.05, 4.69) is 5.32 Å². The highest BCUT2D eigenvalue weighted by Crippen LogP contribution is 2.53. The first kappa shape index (κ1) is 7.47. The molecule has 2 aliphatic rings. The molecule has 0 amide bonds. The Morgan fingerprint density at radius 3 is 2.45 bits per heavy atom. The van der Waals surface area contributed by atoms with Crippen LogP contribution in [0.15, 0.2) is 0 Å². The van der Waals surface area contributed by atoms with Crippen molar-refractivity contribution in [1.82, 2.24) is 5.32 Å². The van der Waals surface area contributed by atoms with Crippen molar-refractivity contribution in [3.8, 4) is 0 Å². The fourth-order valence-electron chi connectivity index (χ4n) is 2.57. The van der Waals surface area contributed by atoms with Gasteiger partial charge in [-0.05, 0) is 25.8 Å². The standard InChI is InChI=1S/C8H13F2N/c1-11-7-3-6-2-5(7)4-8(6,9)10/h5-7,11H,2-4H2,1H3. The predicted octanol–water partition coefficient (Wildman–Crippen LogP) is 1.64. The number of nitrogens with one attached hydrogen (secondary N) is 1. The first-order valence-electron chi connectivity index (χ1n) is 4.18. The topological polar surface area (TPSA) is 12.0 Å². The Hall–Kier alpha value is -0.180. The number of fused-ring (bicyclic) bond motifs is 2. The lowest BCUT2D eigenvalue weighted by molar-refractivity contribution is -0.0561. The van der Waals surface area contributed by atoms with Crippen LogP contribution in [0.3, 0.4) is 0 Å². The minimum absolute atomic E-state index is 0.114. The van der Waals surface area contributed by atoms with Crippen LogP contribution in [0.1, 0.15) is 19.3 Å². The molecule has 1 N–H and O–H groups in total. The zero-order valence-corrected chi connectivity index (χ0v) is 6.61. The second kappa shape index (κ2) is 2.16. The van der Waals surface area contributed by atoms with Crippen LogP contribution in [0.25, 0.3) is 0 Å². The summed E-state index contributed by atoms with van der Waals surface area (Å²) in [6, 6.07) is 0.361. The molecule has 11 heavy (non-hydrogen) atoms. The van der Waals surface area contributed by atoms with Gasteiger partial charge in [0.15, 0.2) is 0 Å². The molecule has 2 fully saturated rings. The zero-order chi connectivity index (χ0) is 8.06. The summed E-state index contributed by atoms with van der Waals surface area (Å²) < 4.78 is 25.8. The lowest BCUT2D eigenvalue weighted by atomic mass is 9.92. The predicted molar refractivity (Wildman–Crippen MR) is 38.6 cm³/mol. The monoisotopic (exact) mass is 161 g/mol. The largest absolute Gasteiger partial charge is 0.317 e. The van der Waals surface area contributed by atoms with Gasteiger partial charge in [-0.1, -0.05) is 0 Å². The van der Waals surface area contributed by atoms with Crippen LogP contribution >= 0.6 is 0 Å². The van der Waals surface area contributed by atoms with Gasteiger partial charge in [0.2, 0.25) is 0 Å². The minimum Gasteiger partial charge on any atom is -0.317 e. The van der Waals surface area contributed by atoms with Gasteiger partial charge in [0, 0.05) is 18.4 Å². The summed E-state index contributed by atoms with van der Waals surface area (Å²) in [4.78, 5) is 0. The highest BCUT2D eigenvalue weighted by molar-refractivity contribution is 5.02. The summed E-state index contributed by atoms with van der Waals surface area (Å²) in [5.74, 6) is -2.44. The van der Waals surface area contributed by atoms with E-state index in [9.17, 15) is 8.78 Å². The average Bonchev–Trinajstić information content (AvgIpc) is 2.41. The summed E-state index contributed by atoms with van der Waals surface area (Å²) in [5, 5.41) is 3.10. The molecule has 2 saturated carbocycles. The van der Waals surface area contributed by atoms with Crippen molar-refractivity contribution in [3.63, 3.8) is 0 Å². The lowest BCUT2D eigenvalue weighted by Gasteiger charge is -2.27. The first-order chi connectivity index (χ1) is 5.13. The molecule has 1 nitrogen and oxygen atoms in total. The van der Waals surface area contributed by atoms with Crippen molar-refractivity contribution in [2.45, 2.75) is 31.2 Å². The van der Waals surface area contributed by atoms with Crippen molar-refractivity contribution in [3.05, 3.63) is 0 Å². The SMILES string of the molecule is CNC1CC2CC1CC2(F)F. The Morgan fingerprint density at radius 1 is 1.36 bits per heavy atom. The van der Waals surface area contributed by atoms with E-state index in [0.29, 0.717) is 12.5 Å². The first-order valence-corrected chi connectivity index (χ1v) is 4.18. The van der Waals surface area contributed by atoms with E-state index in [1.165, 1.54) is 0 Å². The van der Waals surface area contributed by atoms with Crippen LogP contribution in [-0.4, -0.2) is 19.0 Å². The Bertz CT molecular complexity index is 169. The van der Waals surface area contributed by atoms with Crippen LogP contribution in [0.5, 0.6) is 0 Å². The molecule has 3 unspecified atom stereocenters. The maximum atomic E-state index is 12.9. The van der Waals surface area contributed by atoms with Crippen LogP contribution in [0.4, 0.5) is 8.78 Å². The van der Waals surface area contributed by atoms with Crippen molar-refractivity contribution >= 4 is 0 Å². The van der Waals surface area contributed by atoms with Gasteiger partial charge in [-0.15, -0.1) is 0 Å². The summed E-state index contributed by atoms with van der Waals surface area (Å²) in [6.45, 7) is 0. The second-order valence-corrected chi connectivity index (χ2v) is 3.79. The normalized spacial score (nSPS) is 46.6. The van der Waals surface area contributed by atoms with E-state index in [1.54, 1.807) is 0 Å². The Balaban J connectivity index is 2.08. The molecule has 3 heteroatoms. The number of hydrogen-bond donors (Lipinski definition) is 1. The number of halogens is 2. The average molecular weight is 161 g/mol. The second-order valence-electron chi connectivity index (χ2n) is 3.79. The third-order valence-corrected chi connectivity index (χ3v) is 3.20. The Morgan fingerprint density at radius 2 is 2.09 bits per heavy atom. The summed E-state index contributed by atoms with van der Waals surface area (Å²) in [5.41, 5.74) is 0. The Labute approximate surface area is 65.2 Å². The molecule has 64 valence electrons.